The first-order valence-electron chi connectivity index (χ1n) is 10.1. The molecule has 2 heterocycles. The van der Waals surface area contributed by atoms with Gasteiger partial charge in [-0.1, -0.05) is 18.2 Å². The molecule has 30 heavy (non-hydrogen) atoms. The number of rotatable bonds is 5. The monoisotopic (exact) mass is 409 g/mol. The summed E-state index contributed by atoms with van der Waals surface area (Å²) in [5.41, 5.74) is 3.12. The van der Waals surface area contributed by atoms with Crippen molar-refractivity contribution < 1.29 is 14.3 Å². The lowest BCUT2D eigenvalue weighted by Crippen LogP contribution is -2.50. The van der Waals surface area contributed by atoms with E-state index in [1.165, 1.54) is 0 Å². The van der Waals surface area contributed by atoms with E-state index in [0.717, 1.165) is 16.9 Å². The molecule has 1 saturated heterocycles. The number of hydrogen-bond acceptors (Lipinski definition) is 5. The average molecular weight is 409 g/mol. The number of ether oxygens (including phenoxy) is 1. The van der Waals surface area contributed by atoms with Crippen LogP contribution in [0.2, 0.25) is 0 Å². The Morgan fingerprint density at radius 2 is 1.80 bits per heavy atom. The third kappa shape index (κ3) is 4.47. The number of nitrogens with zero attached hydrogens (tertiary/aromatic N) is 4. The van der Waals surface area contributed by atoms with Gasteiger partial charge in [0.25, 0.3) is 0 Å². The highest BCUT2D eigenvalue weighted by atomic mass is 16.6. The van der Waals surface area contributed by atoms with E-state index in [2.05, 4.69) is 11.4 Å². The maximum Gasteiger partial charge on any atom is 0.409 e. The zero-order valence-electron chi connectivity index (χ0n) is 17.6. The van der Waals surface area contributed by atoms with E-state index in [0.29, 0.717) is 44.2 Å². The number of carbonyl (C=O) groups excluding carboxylic acids is 2. The van der Waals surface area contributed by atoms with E-state index < -0.39 is 0 Å². The van der Waals surface area contributed by atoms with Crippen molar-refractivity contribution in [1.82, 2.24) is 14.4 Å². The number of piperazine rings is 1. The van der Waals surface area contributed by atoms with Gasteiger partial charge in [0, 0.05) is 37.6 Å². The molecular weight excluding hydrogens is 382 g/mol. The zero-order valence-corrected chi connectivity index (χ0v) is 17.6. The van der Waals surface area contributed by atoms with Crippen LogP contribution in [0.3, 0.4) is 0 Å². The fourth-order valence-corrected chi connectivity index (χ4v) is 3.64. The molecule has 2 amide bonds. The highest BCUT2D eigenvalue weighted by Gasteiger charge is 2.25. The maximum atomic E-state index is 12.8. The van der Waals surface area contributed by atoms with Crippen molar-refractivity contribution in [3.63, 3.8) is 0 Å². The van der Waals surface area contributed by atoms with Gasteiger partial charge in [-0.25, -0.2) is 4.79 Å². The fourth-order valence-electron chi connectivity index (χ4n) is 3.64. The number of amides is 2. The van der Waals surface area contributed by atoms with Gasteiger partial charge in [-0.05, 0) is 38.5 Å². The number of benzene rings is 1. The molecule has 8 nitrogen and oxygen atoms in total. The van der Waals surface area contributed by atoms with Crippen LogP contribution < -0.4 is 5.32 Å². The largest absolute Gasteiger partial charge is 0.450 e. The lowest BCUT2D eigenvalue weighted by atomic mass is 10.2. The first kappa shape index (κ1) is 21.4. The molecule has 1 N–H and O–H groups in total. The quantitative estimate of drug-likeness (QED) is 0.820. The summed E-state index contributed by atoms with van der Waals surface area (Å²) < 4.78 is 6.93. The van der Waals surface area contributed by atoms with Crippen LogP contribution in [0.25, 0.3) is 5.69 Å². The predicted octanol–water partition coefficient (Wildman–Crippen LogP) is 2.68. The molecule has 0 spiro atoms. The first-order chi connectivity index (χ1) is 14.5. The number of aromatic nitrogens is 1. The number of para-hydroxylation sites is 1. The van der Waals surface area contributed by atoms with Crippen LogP contribution in [0, 0.1) is 25.2 Å². The van der Waals surface area contributed by atoms with Crippen molar-refractivity contribution in [3.8, 4) is 11.8 Å². The third-order valence-corrected chi connectivity index (χ3v) is 5.36. The molecule has 0 atom stereocenters. The van der Waals surface area contributed by atoms with Crippen LogP contribution >= 0.6 is 0 Å². The molecule has 0 radical (unpaired) electrons. The molecule has 2 aromatic rings. The Balaban J connectivity index is 1.71. The lowest BCUT2D eigenvalue weighted by Gasteiger charge is -2.33. The molecule has 3 rings (SSSR count). The van der Waals surface area contributed by atoms with Crippen LogP contribution in [0.15, 0.2) is 30.3 Å². The summed E-state index contributed by atoms with van der Waals surface area (Å²) in [6.07, 6.45) is -0.313. The smallest absolute Gasteiger partial charge is 0.409 e. The van der Waals surface area contributed by atoms with E-state index in [1.807, 2.05) is 53.6 Å². The summed E-state index contributed by atoms with van der Waals surface area (Å²) >= 11 is 0. The van der Waals surface area contributed by atoms with Gasteiger partial charge in [0.15, 0.2) is 0 Å². The van der Waals surface area contributed by atoms with Gasteiger partial charge in [0.1, 0.15) is 11.9 Å². The highest BCUT2D eigenvalue weighted by Crippen LogP contribution is 2.29. The molecule has 0 unspecified atom stereocenters. The second kappa shape index (κ2) is 9.46. The predicted molar refractivity (Wildman–Crippen MR) is 114 cm³/mol. The second-order valence-corrected chi connectivity index (χ2v) is 7.23. The van der Waals surface area contributed by atoms with Crippen molar-refractivity contribution in [2.24, 2.45) is 0 Å². The summed E-state index contributed by atoms with van der Waals surface area (Å²) in [7, 11) is 0. The van der Waals surface area contributed by atoms with E-state index in [4.69, 9.17) is 4.74 Å². The van der Waals surface area contributed by atoms with Crippen molar-refractivity contribution in [2.75, 3.05) is 44.6 Å². The molecule has 1 aromatic carbocycles. The van der Waals surface area contributed by atoms with Crippen molar-refractivity contribution in [2.45, 2.75) is 20.8 Å². The molecule has 1 aliphatic heterocycles. The molecular formula is C22H27N5O3. The lowest BCUT2D eigenvalue weighted by molar-refractivity contribution is -0.117. The Kier molecular flexibility index (Phi) is 6.75. The van der Waals surface area contributed by atoms with Gasteiger partial charge < -0.3 is 15.0 Å². The molecule has 1 fully saturated rings. The van der Waals surface area contributed by atoms with Crippen LogP contribution in [0.1, 0.15) is 23.7 Å². The number of carbonyl (C=O) groups is 2. The number of nitriles is 1. The van der Waals surface area contributed by atoms with E-state index in [-0.39, 0.29) is 18.5 Å². The normalized spacial score (nSPS) is 14.3. The Hall–Kier alpha value is -3.31. The standard InChI is InChI=1S/C22H27N5O3/c1-4-30-22(29)26-12-10-25(11-13-26)15-20(28)24-21-19(14-23)16(2)17(3)27(21)18-8-6-5-7-9-18/h5-9H,4,10-13,15H2,1-3H3,(H,24,28). The van der Waals surface area contributed by atoms with E-state index in [1.54, 1.807) is 11.8 Å². The number of hydrogen-bond donors (Lipinski definition) is 1. The Morgan fingerprint density at radius 3 is 2.40 bits per heavy atom. The molecule has 1 aliphatic rings. The van der Waals surface area contributed by atoms with Crippen LogP contribution in [-0.4, -0.2) is 65.7 Å². The number of nitrogens with one attached hydrogen (secondary N) is 1. The van der Waals surface area contributed by atoms with Gasteiger partial charge in [0.05, 0.1) is 18.7 Å². The molecule has 0 bridgehead atoms. The fraction of sp³-hybridized carbons (Fsp3) is 0.409. The molecule has 158 valence electrons. The minimum absolute atomic E-state index is 0.189. The molecule has 1 aromatic heterocycles. The average Bonchev–Trinajstić information content (AvgIpc) is 2.98. The van der Waals surface area contributed by atoms with Crippen LogP contribution in [-0.2, 0) is 9.53 Å². The maximum absolute atomic E-state index is 12.8. The van der Waals surface area contributed by atoms with Gasteiger partial charge >= 0.3 is 6.09 Å². The van der Waals surface area contributed by atoms with Crippen molar-refractivity contribution >= 4 is 17.8 Å². The van der Waals surface area contributed by atoms with Crippen molar-refractivity contribution in [3.05, 3.63) is 47.2 Å². The summed E-state index contributed by atoms with van der Waals surface area (Å²) in [5.74, 6) is 0.305. The number of anilines is 1. The summed E-state index contributed by atoms with van der Waals surface area (Å²) in [4.78, 5) is 28.3. The second-order valence-electron chi connectivity index (χ2n) is 7.23. The molecule has 0 aliphatic carbocycles. The SMILES string of the molecule is CCOC(=O)N1CCN(CC(=O)Nc2c(C#N)c(C)c(C)n2-c2ccccc2)CC1. The summed E-state index contributed by atoms with van der Waals surface area (Å²) in [6, 6.07) is 11.9. The summed E-state index contributed by atoms with van der Waals surface area (Å²) in [6.45, 7) is 8.38. The summed E-state index contributed by atoms with van der Waals surface area (Å²) in [5, 5.41) is 12.6. The Bertz CT molecular complexity index is 953. The topological polar surface area (TPSA) is 90.6 Å². The van der Waals surface area contributed by atoms with Crippen LogP contribution in [0.4, 0.5) is 10.6 Å². The highest BCUT2D eigenvalue weighted by molar-refractivity contribution is 5.93. The Labute approximate surface area is 176 Å². The van der Waals surface area contributed by atoms with Crippen molar-refractivity contribution in [1.29, 1.82) is 5.26 Å². The van der Waals surface area contributed by atoms with E-state index >= 15 is 0 Å². The van der Waals surface area contributed by atoms with Crippen LogP contribution in [0.5, 0.6) is 0 Å². The third-order valence-electron chi connectivity index (χ3n) is 5.36. The minimum atomic E-state index is -0.313. The van der Waals surface area contributed by atoms with Gasteiger partial charge in [-0.3, -0.25) is 14.3 Å². The first-order valence-corrected chi connectivity index (χ1v) is 10.1. The van der Waals surface area contributed by atoms with Gasteiger partial charge in [-0.2, -0.15) is 5.26 Å². The van der Waals surface area contributed by atoms with E-state index in [9.17, 15) is 14.9 Å². The molecule has 0 saturated carbocycles. The zero-order chi connectivity index (χ0) is 21.7. The van der Waals surface area contributed by atoms with Gasteiger partial charge in [-0.15, -0.1) is 0 Å². The minimum Gasteiger partial charge on any atom is -0.450 e. The molecule has 8 heteroatoms. The van der Waals surface area contributed by atoms with Gasteiger partial charge in [0.2, 0.25) is 5.91 Å². The Morgan fingerprint density at radius 1 is 1.13 bits per heavy atom.